The minimum absolute atomic E-state index is 0.00117. The van der Waals surface area contributed by atoms with Gasteiger partial charge in [0.2, 0.25) is 35.4 Å². The van der Waals surface area contributed by atoms with Gasteiger partial charge in [-0.2, -0.15) is 0 Å². The average Bonchev–Trinajstić information content (AvgIpc) is 3.86. The molecule has 18 nitrogen and oxygen atoms in total. The number of H-pyrrole nitrogens is 2. The summed E-state index contributed by atoms with van der Waals surface area (Å²) in [5, 5.41) is 28.2. The Kier molecular flexibility index (Phi) is 15.0. The number of aromatic nitrogens is 2. The number of aliphatic imine (C=N–C) groups is 1. The first-order chi connectivity index (χ1) is 30.2. The Hall–Kier alpha value is -7.37. The third kappa shape index (κ3) is 12.4. The SMILES string of the molecule is CC(C)CC1NC(=O)C(Cc2c[nH]c3ccccc23)NC(=O)C(Cc2ccc(O)cc2)NC(=O)CNC(=O)C(Cc2c[nH]c3ccccc23)NC(=O)C(CCCN=C(N)N)NC1=O. The van der Waals surface area contributed by atoms with Crippen molar-refractivity contribution in [1.82, 2.24) is 41.9 Å². The number of phenols is 1. The van der Waals surface area contributed by atoms with E-state index in [0.717, 1.165) is 21.8 Å². The lowest BCUT2D eigenvalue weighted by Gasteiger charge is -2.28. The number of nitrogens with one attached hydrogen (secondary N) is 8. The molecule has 1 aliphatic heterocycles. The van der Waals surface area contributed by atoms with Crippen molar-refractivity contribution in [3.05, 3.63) is 102 Å². The maximum atomic E-state index is 14.5. The number of para-hydroxylation sites is 2. The summed E-state index contributed by atoms with van der Waals surface area (Å²) in [7, 11) is 0. The second-order valence-corrected chi connectivity index (χ2v) is 16.2. The first-order valence-electron chi connectivity index (χ1n) is 21.0. The molecular formula is C45H55N11O7. The lowest BCUT2D eigenvalue weighted by molar-refractivity contribution is -0.136. The van der Waals surface area contributed by atoms with E-state index >= 15 is 0 Å². The number of aromatic amines is 2. The van der Waals surface area contributed by atoms with Crippen LogP contribution in [0.3, 0.4) is 0 Å². The van der Waals surface area contributed by atoms with E-state index in [-0.39, 0.29) is 62.7 Å². The number of nitrogens with zero attached hydrogens (tertiary/aromatic N) is 1. The van der Waals surface area contributed by atoms with Crippen LogP contribution < -0.4 is 43.4 Å². The maximum Gasteiger partial charge on any atom is 0.243 e. The standard InChI is InChI=1S/C45H55N11O7/c1-25(2)18-35-42(61)53-34(12-7-17-48-45(46)47)41(60)55-37(20-27-22-49-32-10-5-3-8-30(27)32)40(59)51-24-39(58)52-36(19-26-13-15-29(57)16-14-26)43(62)56-38(44(63)54-35)21-28-23-50-33-11-6-4-9-31(28)33/h3-6,8-11,13-16,22-23,25,34-38,49-50,57H,7,12,17-21,24H2,1-2H3,(H,51,59)(H,52,58)(H,53,61)(H,54,63)(H,55,60)(H,56,62)(H4,46,47,48). The fourth-order valence-electron chi connectivity index (χ4n) is 7.64. The van der Waals surface area contributed by atoms with Crippen LogP contribution in [0.5, 0.6) is 5.75 Å². The maximum absolute atomic E-state index is 14.5. The first kappa shape index (κ1) is 45.2. The molecule has 63 heavy (non-hydrogen) atoms. The topological polar surface area (TPSA) is 291 Å². The number of hydrogen-bond acceptors (Lipinski definition) is 8. The van der Waals surface area contributed by atoms with Crippen LogP contribution in [0.15, 0.2) is 90.2 Å². The minimum Gasteiger partial charge on any atom is -0.508 e. The summed E-state index contributed by atoms with van der Waals surface area (Å²) in [4.78, 5) is 95.4. The smallest absolute Gasteiger partial charge is 0.243 e. The van der Waals surface area contributed by atoms with Gasteiger partial charge in [0.1, 0.15) is 36.0 Å². The largest absolute Gasteiger partial charge is 0.508 e. The first-order valence-corrected chi connectivity index (χ1v) is 21.0. The normalized spacial score (nSPS) is 20.8. The third-order valence-corrected chi connectivity index (χ3v) is 10.8. The van der Waals surface area contributed by atoms with Gasteiger partial charge < -0.3 is 58.4 Å². The number of fused-ring (bicyclic) bond motifs is 2. The molecule has 2 aromatic heterocycles. The number of hydrogen-bond donors (Lipinski definition) is 11. The van der Waals surface area contributed by atoms with Crippen LogP contribution in [0.4, 0.5) is 0 Å². The molecule has 5 unspecified atom stereocenters. The van der Waals surface area contributed by atoms with Crippen molar-refractivity contribution in [2.24, 2.45) is 22.4 Å². The van der Waals surface area contributed by atoms with Crippen LogP contribution in [-0.4, -0.2) is 99.8 Å². The molecule has 0 aliphatic carbocycles. The van der Waals surface area contributed by atoms with E-state index in [1.54, 1.807) is 24.5 Å². The highest BCUT2D eigenvalue weighted by Crippen LogP contribution is 2.21. The Morgan fingerprint density at radius 2 is 1.13 bits per heavy atom. The molecule has 13 N–H and O–H groups in total. The number of carbonyl (C=O) groups is 6. The summed E-state index contributed by atoms with van der Waals surface area (Å²) in [6.45, 7) is 3.32. The van der Waals surface area contributed by atoms with Gasteiger partial charge in [-0.15, -0.1) is 0 Å². The van der Waals surface area contributed by atoms with E-state index in [9.17, 15) is 33.9 Å². The lowest BCUT2D eigenvalue weighted by atomic mass is 9.99. The monoisotopic (exact) mass is 861 g/mol. The van der Waals surface area contributed by atoms with E-state index in [1.807, 2.05) is 62.4 Å². The molecule has 0 saturated carbocycles. The van der Waals surface area contributed by atoms with Crippen LogP contribution in [0.2, 0.25) is 0 Å². The van der Waals surface area contributed by atoms with Crippen molar-refractivity contribution in [2.75, 3.05) is 13.1 Å². The average molecular weight is 862 g/mol. The van der Waals surface area contributed by atoms with Crippen molar-refractivity contribution in [2.45, 2.75) is 82.6 Å². The van der Waals surface area contributed by atoms with Crippen molar-refractivity contribution >= 4 is 63.2 Å². The molecule has 18 heteroatoms. The minimum atomic E-state index is -1.26. The number of rotatable bonds is 12. The molecule has 5 aromatic rings. The van der Waals surface area contributed by atoms with Gasteiger partial charge in [-0.05, 0) is 66.1 Å². The highest BCUT2D eigenvalue weighted by Gasteiger charge is 2.34. The van der Waals surface area contributed by atoms with E-state index in [2.05, 4.69) is 46.9 Å². The highest BCUT2D eigenvalue weighted by atomic mass is 16.3. The fraction of sp³-hybridized carbons (Fsp3) is 0.356. The predicted molar refractivity (Wildman–Crippen MR) is 238 cm³/mol. The fourth-order valence-corrected chi connectivity index (χ4v) is 7.64. The second kappa shape index (κ2) is 20.9. The van der Waals surface area contributed by atoms with Crippen molar-refractivity contribution in [3.63, 3.8) is 0 Å². The molecule has 6 amide bonds. The Bertz CT molecular complexity index is 2460. The number of nitrogens with two attached hydrogens (primary N) is 2. The third-order valence-electron chi connectivity index (χ3n) is 10.8. The summed E-state index contributed by atoms with van der Waals surface area (Å²) in [6, 6.07) is 14.9. The van der Waals surface area contributed by atoms with Gasteiger partial charge in [0.25, 0.3) is 0 Å². The molecule has 0 bridgehead atoms. The van der Waals surface area contributed by atoms with Gasteiger partial charge in [0.05, 0.1) is 6.54 Å². The van der Waals surface area contributed by atoms with Crippen LogP contribution in [0, 0.1) is 5.92 Å². The van der Waals surface area contributed by atoms with Gasteiger partial charge in [0.15, 0.2) is 5.96 Å². The number of benzene rings is 3. The molecule has 3 heterocycles. The van der Waals surface area contributed by atoms with Gasteiger partial charge in [-0.3, -0.25) is 33.8 Å². The molecule has 1 saturated heterocycles. The van der Waals surface area contributed by atoms with Gasteiger partial charge in [0, 0.05) is 60.0 Å². The molecule has 6 rings (SSSR count). The molecule has 0 spiro atoms. The number of guanidine groups is 1. The lowest BCUT2D eigenvalue weighted by Crippen LogP contribution is -2.61. The van der Waals surface area contributed by atoms with Gasteiger partial charge in [-0.1, -0.05) is 62.4 Å². The van der Waals surface area contributed by atoms with Crippen molar-refractivity contribution in [3.8, 4) is 5.75 Å². The zero-order valence-electron chi connectivity index (χ0n) is 35.2. The summed E-state index contributed by atoms with van der Waals surface area (Å²) in [5.74, 6) is -4.40. The van der Waals surface area contributed by atoms with E-state index < -0.39 is 72.2 Å². The van der Waals surface area contributed by atoms with Crippen LogP contribution in [0.1, 0.15) is 49.8 Å². The quantitative estimate of drug-likeness (QED) is 0.0485. The summed E-state index contributed by atoms with van der Waals surface area (Å²) in [6.07, 6.45) is 3.92. The molecule has 332 valence electrons. The Labute approximate surface area is 363 Å². The summed E-state index contributed by atoms with van der Waals surface area (Å²) in [5.41, 5.74) is 14.7. The molecule has 3 aromatic carbocycles. The predicted octanol–water partition coefficient (Wildman–Crippen LogP) is 1.04. The van der Waals surface area contributed by atoms with Gasteiger partial charge in [-0.25, -0.2) is 0 Å². The van der Waals surface area contributed by atoms with E-state index in [0.29, 0.717) is 16.7 Å². The number of aromatic hydroxyl groups is 1. The molecule has 5 atom stereocenters. The van der Waals surface area contributed by atoms with Crippen molar-refractivity contribution < 1.29 is 33.9 Å². The number of amides is 6. The molecular weight excluding hydrogens is 807 g/mol. The highest BCUT2D eigenvalue weighted by molar-refractivity contribution is 5.98. The Morgan fingerprint density at radius 1 is 0.635 bits per heavy atom. The Morgan fingerprint density at radius 3 is 1.70 bits per heavy atom. The van der Waals surface area contributed by atoms with Crippen molar-refractivity contribution in [1.29, 1.82) is 0 Å². The van der Waals surface area contributed by atoms with Crippen LogP contribution in [-0.2, 0) is 48.0 Å². The summed E-state index contributed by atoms with van der Waals surface area (Å²) < 4.78 is 0. The van der Waals surface area contributed by atoms with Gasteiger partial charge >= 0.3 is 0 Å². The molecule has 0 radical (unpaired) electrons. The van der Waals surface area contributed by atoms with Crippen LogP contribution in [0.25, 0.3) is 21.8 Å². The molecule has 1 fully saturated rings. The second-order valence-electron chi connectivity index (χ2n) is 16.2. The van der Waals surface area contributed by atoms with Crippen LogP contribution >= 0.6 is 0 Å². The van der Waals surface area contributed by atoms with E-state index in [1.165, 1.54) is 12.1 Å². The zero-order chi connectivity index (χ0) is 45.0. The van der Waals surface area contributed by atoms with E-state index in [4.69, 9.17) is 11.5 Å². The summed E-state index contributed by atoms with van der Waals surface area (Å²) >= 11 is 0. The number of phenolic OH excluding ortho intramolecular Hbond substituents is 1. The molecule has 1 aliphatic rings. The zero-order valence-corrected chi connectivity index (χ0v) is 35.2. The Balaban J connectivity index is 1.37. The number of carbonyl (C=O) groups excluding carboxylic acids is 6.